The van der Waals surface area contributed by atoms with E-state index in [4.69, 9.17) is 12.9 Å². The molecule has 0 bridgehead atoms. The fraction of sp³-hybridized carbons (Fsp3) is 0.571. The van der Waals surface area contributed by atoms with Crippen LogP contribution in [0.3, 0.4) is 0 Å². The van der Waals surface area contributed by atoms with Gasteiger partial charge in [0, 0.05) is 0 Å². The van der Waals surface area contributed by atoms with Gasteiger partial charge < -0.3 is 0 Å². The van der Waals surface area contributed by atoms with Gasteiger partial charge in [-0.15, -0.1) is 19.7 Å². The van der Waals surface area contributed by atoms with Crippen LogP contribution in [0.15, 0.2) is 38.0 Å². The van der Waals surface area contributed by atoms with Crippen LogP contribution in [0.25, 0.3) is 0 Å². The Balaban J connectivity index is 2.94. The SMILES string of the molecule is C=CCCCP1(=O)OP(=O)(CCC=C)OP(=O)(CCCC=C)O1. The molecule has 0 radical (unpaired) electrons. The van der Waals surface area contributed by atoms with Gasteiger partial charge in [-0.3, -0.25) is 13.7 Å². The molecule has 1 aliphatic heterocycles. The lowest BCUT2D eigenvalue weighted by Crippen LogP contribution is -2.11. The second-order valence-electron chi connectivity index (χ2n) is 5.19. The first-order valence-corrected chi connectivity index (χ1v) is 12.7. The Labute approximate surface area is 138 Å². The maximum atomic E-state index is 12.8. The van der Waals surface area contributed by atoms with Crippen molar-refractivity contribution in [3.8, 4) is 0 Å². The average molecular weight is 382 g/mol. The van der Waals surface area contributed by atoms with Crippen LogP contribution < -0.4 is 0 Å². The number of hydrogen-bond acceptors (Lipinski definition) is 6. The lowest BCUT2D eigenvalue weighted by atomic mass is 10.3. The van der Waals surface area contributed by atoms with Crippen LogP contribution in [0.1, 0.15) is 32.1 Å². The molecule has 1 fully saturated rings. The molecule has 1 heterocycles. The molecule has 0 N–H and O–H groups in total. The predicted octanol–water partition coefficient (Wildman–Crippen LogP) is 6.14. The highest BCUT2D eigenvalue weighted by molar-refractivity contribution is 7.80. The first-order chi connectivity index (χ1) is 10.8. The summed E-state index contributed by atoms with van der Waals surface area (Å²) in [6.45, 7) is 10.7. The van der Waals surface area contributed by atoms with E-state index < -0.39 is 22.8 Å². The Morgan fingerprint density at radius 2 is 0.957 bits per heavy atom. The summed E-state index contributed by atoms with van der Waals surface area (Å²) in [5, 5.41) is 0. The Bertz CT molecular complexity index is 531. The molecule has 1 saturated heterocycles. The van der Waals surface area contributed by atoms with Crippen LogP contribution in [0.2, 0.25) is 0 Å². The highest BCUT2D eigenvalue weighted by Crippen LogP contribution is 2.82. The van der Waals surface area contributed by atoms with Crippen LogP contribution in [0.4, 0.5) is 0 Å². The zero-order valence-electron chi connectivity index (χ0n) is 13.3. The smallest absolute Gasteiger partial charge is 0.259 e. The topological polar surface area (TPSA) is 78.9 Å². The van der Waals surface area contributed by atoms with Crippen LogP contribution in [-0.4, -0.2) is 18.5 Å². The summed E-state index contributed by atoms with van der Waals surface area (Å²) in [7, 11) is -11.2. The van der Waals surface area contributed by atoms with E-state index in [9.17, 15) is 13.7 Å². The van der Waals surface area contributed by atoms with Crippen molar-refractivity contribution in [1.29, 1.82) is 0 Å². The van der Waals surface area contributed by atoms with Crippen molar-refractivity contribution in [3.63, 3.8) is 0 Å². The molecular formula is C14H25O6P3. The van der Waals surface area contributed by atoms with Gasteiger partial charge in [-0.2, -0.15) is 0 Å². The summed E-state index contributed by atoms with van der Waals surface area (Å²) in [5.41, 5.74) is 0. The second kappa shape index (κ2) is 9.32. The van der Waals surface area contributed by atoms with Gasteiger partial charge >= 0.3 is 22.8 Å². The minimum atomic E-state index is -3.74. The Kier molecular flexibility index (Phi) is 8.44. The molecule has 0 aromatic heterocycles. The van der Waals surface area contributed by atoms with Crippen molar-refractivity contribution in [2.45, 2.75) is 32.1 Å². The Morgan fingerprint density at radius 1 is 0.609 bits per heavy atom. The molecule has 0 spiro atoms. The molecule has 23 heavy (non-hydrogen) atoms. The van der Waals surface area contributed by atoms with Crippen molar-refractivity contribution in [1.82, 2.24) is 0 Å². The maximum Gasteiger partial charge on any atom is 0.345 e. The van der Waals surface area contributed by atoms with Gasteiger partial charge in [-0.1, -0.05) is 18.2 Å². The standard InChI is InChI=1S/C14H25O6P3/c1-4-7-10-13-22(16)18-21(15,12-9-6-3)19-23(17,20-22)14-11-8-5-2/h4-6H,1-3,7-14H2. The van der Waals surface area contributed by atoms with E-state index in [1.54, 1.807) is 18.2 Å². The van der Waals surface area contributed by atoms with E-state index >= 15 is 0 Å². The summed E-state index contributed by atoms with van der Waals surface area (Å²) < 4.78 is 53.9. The molecule has 2 unspecified atom stereocenters. The fourth-order valence-electron chi connectivity index (χ4n) is 1.97. The molecule has 0 saturated carbocycles. The molecule has 6 nitrogen and oxygen atoms in total. The molecular weight excluding hydrogens is 357 g/mol. The zero-order chi connectivity index (χ0) is 17.4. The van der Waals surface area contributed by atoms with Gasteiger partial charge in [0.2, 0.25) is 0 Å². The number of allylic oxidation sites excluding steroid dienone is 3. The molecule has 132 valence electrons. The summed E-state index contributed by atoms with van der Waals surface area (Å²) in [4.78, 5) is 0. The van der Waals surface area contributed by atoms with Crippen molar-refractivity contribution < 1.29 is 26.6 Å². The van der Waals surface area contributed by atoms with E-state index in [1.807, 2.05) is 0 Å². The zero-order valence-corrected chi connectivity index (χ0v) is 16.0. The van der Waals surface area contributed by atoms with Crippen LogP contribution in [0, 0.1) is 0 Å². The monoisotopic (exact) mass is 382 g/mol. The maximum absolute atomic E-state index is 12.8. The van der Waals surface area contributed by atoms with Crippen molar-refractivity contribution in [2.24, 2.45) is 0 Å². The summed E-state index contributed by atoms with van der Waals surface area (Å²) in [6.07, 6.45) is 7.47. The van der Waals surface area contributed by atoms with Gasteiger partial charge in [0.25, 0.3) is 0 Å². The second-order valence-corrected chi connectivity index (χ2v) is 12.2. The quantitative estimate of drug-likeness (QED) is 0.243. The molecule has 2 atom stereocenters. The molecule has 0 aliphatic carbocycles. The largest absolute Gasteiger partial charge is 0.345 e. The molecule has 1 rings (SSSR count). The van der Waals surface area contributed by atoms with Crippen molar-refractivity contribution >= 4 is 22.8 Å². The first-order valence-electron chi connectivity index (χ1n) is 7.54. The van der Waals surface area contributed by atoms with E-state index in [0.29, 0.717) is 32.1 Å². The normalized spacial score (nSPS) is 33.9. The highest BCUT2D eigenvalue weighted by atomic mass is 31.3. The van der Waals surface area contributed by atoms with Gasteiger partial charge in [-0.05, 0) is 32.1 Å². The number of unbranched alkanes of at least 4 members (excludes halogenated alkanes) is 2. The van der Waals surface area contributed by atoms with Crippen LogP contribution >= 0.6 is 22.8 Å². The van der Waals surface area contributed by atoms with Gasteiger partial charge in [-0.25, -0.2) is 12.9 Å². The van der Waals surface area contributed by atoms with Crippen LogP contribution in [-0.2, 0) is 26.6 Å². The van der Waals surface area contributed by atoms with Crippen molar-refractivity contribution in [3.05, 3.63) is 38.0 Å². The van der Waals surface area contributed by atoms with Gasteiger partial charge in [0.05, 0.1) is 18.5 Å². The van der Waals surface area contributed by atoms with Gasteiger partial charge in [0.15, 0.2) is 0 Å². The minimum absolute atomic E-state index is 0.0171. The average Bonchev–Trinajstić information content (AvgIpc) is 2.44. The van der Waals surface area contributed by atoms with E-state index in [-0.39, 0.29) is 18.5 Å². The molecule has 0 aromatic carbocycles. The summed E-state index contributed by atoms with van der Waals surface area (Å²) in [6, 6.07) is 0. The minimum Gasteiger partial charge on any atom is -0.259 e. The van der Waals surface area contributed by atoms with Crippen LogP contribution in [0.5, 0.6) is 0 Å². The van der Waals surface area contributed by atoms with E-state index in [2.05, 4.69) is 19.7 Å². The lowest BCUT2D eigenvalue weighted by Gasteiger charge is -2.34. The molecule has 1 aliphatic rings. The predicted molar refractivity (Wildman–Crippen MR) is 94.4 cm³/mol. The van der Waals surface area contributed by atoms with Crippen molar-refractivity contribution in [2.75, 3.05) is 18.5 Å². The third-order valence-electron chi connectivity index (χ3n) is 3.03. The Morgan fingerprint density at radius 3 is 1.30 bits per heavy atom. The molecule has 9 heteroatoms. The first kappa shape index (κ1) is 20.8. The highest BCUT2D eigenvalue weighted by Gasteiger charge is 2.51. The Hall–Kier alpha value is -0.210. The third-order valence-corrected chi connectivity index (χ3v) is 11.5. The number of hydrogen-bond donors (Lipinski definition) is 0. The van der Waals surface area contributed by atoms with Gasteiger partial charge in [0.1, 0.15) is 0 Å². The fourth-order valence-corrected chi connectivity index (χ4v) is 11.3. The lowest BCUT2D eigenvalue weighted by molar-refractivity contribution is 0.276. The molecule has 0 amide bonds. The van der Waals surface area contributed by atoms with E-state index in [1.165, 1.54) is 0 Å². The molecule has 0 aromatic rings. The number of rotatable bonds is 11. The summed E-state index contributed by atoms with van der Waals surface area (Å²) >= 11 is 0. The summed E-state index contributed by atoms with van der Waals surface area (Å²) in [5.74, 6) is 0. The van der Waals surface area contributed by atoms with E-state index in [0.717, 1.165) is 0 Å². The third kappa shape index (κ3) is 7.05.